The van der Waals surface area contributed by atoms with Crippen LogP contribution in [0.4, 0.5) is 11.5 Å². The number of ether oxygens (including phenoxy) is 1. The zero-order valence-corrected chi connectivity index (χ0v) is 14.0. The topological polar surface area (TPSA) is 108 Å². The summed E-state index contributed by atoms with van der Waals surface area (Å²) in [6.45, 7) is 2.27. The van der Waals surface area contributed by atoms with Gasteiger partial charge in [-0.2, -0.15) is 4.98 Å². The molecule has 0 amide bonds. The average Bonchev–Trinajstić information content (AvgIpc) is 3.21. The molecule has 2 aromatic heterocycles. The lowest BCUT2D eigenvalue weighted by Crippen LogP contribution is -2.23. The molecular formula is C17H18N6O3. The zero-order valence-electron chi connectivity index (χ0n) is 14.0. The fourth-order valence-electron chi connectivity index (χ4n) is 3.04. The van der Waals surface area contributed by atoms with E-state index in [1.54, 1.807) is 29.4 Å². The van der Waals surface area contributed by atoms with Gasteiger partial charge in [0.1, 0.15) is 12.1 Å². The maximum Gasteiger partial charge on any atom is 0.270 e. The maximum absolute atomic E-state index is 11.1. The van der Waals surface area contributed by atoms with Gasteiger partial charge in [0.05, 0.1) is 10.4 Å². The van der Waals surface area contributed by atoms with Crippen LogP contribution >= 0.6 is 0 Å². The third kappa shape index (κ3) is 3.33. The molecule has 0 aliphatic carbocycles. The van der Waals surface area contributed by atoms with Crippen LogP contribution in [-0.4, -0.2) is 44.2 Å². The molecule has 0 bridgehead atoms. The van der Waals surface area contributed by atoms with Gasteiger partial charge in [-0.05, 0) is 24.8 Å². The summed E-state index contributed by atoms with van der Waals surface area (Å²) in [7, 11) is 0. The Balaban J connectivity index is 1.72. The van der Waals surface area contributed by atoms with Gasteiger partial charge in [-0.3, -0.25) is 14.7 Å². The summed E-state index contributed by atoms with van der Waals surface area (Å²) < 4.78 is 7.10. The molecule has 1 saturated heterocycles. The number of rotatable bonds is 5. The summed E-state index contributed by atoms with van der Waals surface area (Å²) in [6.07, 6.45) is 7.01. The van der Waals surface area contributed by atoms with Crippen LogP contribution in [0.15, 0.2) is 36.9 Å². The molecular weight excluding hydrogens is 336 g/mol. The molecule has 1 aliphatic rings. The molecule has 1 fully saturated rings. The van der Waals surface area contributed by atoms with Gasteiger partial charge in [0, 0.05) is 49.7 Å². The number of hydrogen-bond donors (Lipinski definition) is 1. The van der Waals surface area contributed by atoms with Crippen molar-refractivity contribution in [2.24, 2.45) is 5.92 Å². The molecule has 4 rings (SSSR count). The van der Waals surface area contributed by atoms with Gasteiger partial charge in [0.15, 0.2) is 0 Å². The Morgan fingerprint density at radius 3 is 2.88 bits per heavy atom. The van der Waals surface area contributed by atoms with E-state index in [2.05, 4.69) is 20.3 Å². The second-order valence-corrected chi connectivity index (χ2v) is 6.24. The van der Waals surface area contributed by atoms with Crippen molar-refractivity contribution in [2.75, 3.05) is 25.1 Å². The van der Waals surface area contributed by atoms with Crippen LogP contribution in [0, 0.1) is 16.0 Å². The smallest absolute Gasteiger partial charge is 0.270 e. The van der Waals surface area contributed by atoms with Crippen molar-refractivity contribution in [1.82, 2.24) is 19.5 Å². The van der Waals surface area contributed by atoms with E-state index in [9.17, 15) is 10.1 Å². The summed E-state index contributed by atoms with van der Waals surface area (Å²) in [6, 6.07) is 4.61. The number of hydrogen-bond acceptors (Lipinski definition) is 7. The number of nitrogens with one attached hydrogen (secondary N) is 1. The van der Waals surface area contributed by atoms with Gasteiger partial charge in [0.25, 0.3) is 5.69 Å². The van der Waals surface area contributed by atoms with Gasteiger partial charge in [0.2, 0.25) is 5.95 Å². The van der Waals surface area contributed by atoms with Crippen molar-refractivity contribution in [3.05, 3.63) is 47.0 Å². The van der Waals surface area contributed by atoms with E-state index >= 15 is 0 Å². The second-order valence-electron chi connectivity index (χ2n) is 6.24. The van der Waals surface area contributed by atoms with Crippen LogP contribution in [-0.2, 0) is 4.74 Å². The lowest BCUT2D eigenvalue weighted by Gasteiger charge is -2.22. The maximum atomic E-state index is 11.1. The van der Waals surface area contributed by atoms with E-state index in [-0.39, 0.29) is 5.69 Å². The lowest BCUT2D eigenvalue weighted by molar-refractivity contribution is -0.384. The number of non-ortho nitro benzene ring substituents is 1. The summed E-state index contributed by atoms with van der Waals surface area (Å²) in [5, 5.41) is 15.1. The van der Waals surface area contributed by atoms with Crippen LogP contribution < -0.4 is 5.32 Å². The molecule has 3 heterocycles. The summed E-state index contributed by atoms with van der Waals surface area (Å²) >= 11 is 0. The number of nitro groups is 1. The molecule has 0 atom stereocenters. The average molecular weight is 354 g/mol. The quantitative estimate of drug-likeness (QED) is 0.554. The fraction of sp³-hybridized carbons (Fsp3) is 0.353. The molecule has 0 unspecified atom stereocenters. The number of aromatic nitrogens is 4. The van der Waals surface area contributed by atoms with Crippen molar-refractivity contribution in [2.45, 2.75) is 12.8 Å². The normalized spacial score (nSPS) is 15.2. The number of nitro benzene ring substituents is 1. The minimum atomic E-state index is -0.411. The van der Waals surface area contributed by atoms with Gasteiger partial charge in [-0.25, -0.2) is 9.97 Å². The van der Waals surface area contributed by atoms with Crippen LogP contribution in [0.5, 0.6) is 0 Å². The summed E-state index contributed by atoms with van der Waals surface area (Å²) in [4.78, 5) is 23.8. The molecule has 0 saturated carbocycles. The first-order valence-corrected chi connectivity index (χ1v) is 8.47. The monoisotopic (exact) mass is 354 g/mol. The standard InChI is InChI=1S/C17H18N6O3/c24-23(25)13-1-2-15-14(9-13)16(19-10-12-3-7-26-8-4-12)21-17(20-15)22-6-5-18-11-22/h1-2,5-6,9,11-12H,3-4,7-8,10H2,(H,19,20,21). The number of benzene rings is 1. The predicted octanol–water partition coefficient (Wildman–Crippen LogP) is 2.56. The Kier molecular flexibility index (Phi) is 4.44. The van der Waals surface area contributed by atoms with E-state index in [1.165, 1.54) is 12.1 Å². The molecule has 9 nitrogen and oxygen atoms in total. The summed E-state index contributed by atoms with van der Waals surface area (Å²) in [5.74, 6) is 1.55. The highest BCUT2D eigenvalue weighted by Gasteiger charge is 2.17. The highest BCUT2D eigenvalue weighted by Crippen LogP contribution is 2.27. The van der Waals surface area contributed by atoms with Crippen LogP contribution in [0.2, 0.25) is 0 Å². The second kappa shape index (κ2) is 7.04. The largest absolute Gasteiger partial charge is 0.381 e. The minimum absolute atomic E-state index is 0.0191. The van der Waals surface area contributed by atoms with Gasteiger partial charge in [-0.1, -0.05) is 0 Å². The lowest BCUT2D eigenvalue weighted by atomic mass is 10.0. The Morgan fingerprint density at radius 1 is 1.31 bits per heavy atom. The Hall–Kier alpha value is -3.07. The van der Waals surface area contributed by atoms with Crippen molar-refractivity contribution in [3.8, 4) is 5.95 Å². The van der Waals surface area contributed by atoms with Gasteiger partial charge in [-0.15, -0.1) is 0 Å². The van der Waals surface area contributed by atoms with Gasteiger partial charge < -0.3 is 10.1 Å². The molecule has 1 aromatic carbocycles. The Bertz CT molecular complexity index is 922. The molecule has 0 radical (unpaired) electrons. The summed E-state index contributed by atoms with van der Waals surface area (Å²) in [5.41, 5.74) is 0.661. The molecule has 3 aromatic rings. The Morgan fingerprint density at radius 2 is 2.15 bits per heavy atom. The van der Waals surface area contributed by atoms with E-state index in [4.69, 9.17) is 4.74 Å². The van der Waals surface area contributed by atoms with Crippen molar-refractivity contribution in [1.29, 1.82) is 0 Å². The molecule has 9 heteroatoms. The molecule has 1 aliphatic heterocycles. The predicted molar refractivity (Wildman–Crippen MR) is 95.3 cm³/mol. The first kappa shape index (κ1) is 16.4. The number of imidazole rings is 1. The first-order chi connectivity index (χ1) is 12.7. The molecule has 0 spiro atoms. The number of anilines is 1. The third-order valence-electron chi connectivity index (χ3n) is 4.51. The van der Waals surface area contributed by atoms with Crippen LogP contribution in [0.25, 0.3) is 16.9 Å². The molecule has 134 valence electrons. The van der Waals surface area contributed by atoms with E-state index in [0.717, 1.165) is 32.6 Å². The minimum Gasteiger partial charge on any atom is -0.381 e. The third-order valence-corrected chi connectivity index (χ3v) is 4.51. The first-order valence-electron chi connectivity index (χ1n) is 8.47. The van der Waals surface area contributed by atoms with E-state index in [0.29, 0.717) is 28.6 Å². The van der Waals surface area contributed by atoms with E-state index < -0.39 is 4.92 Å². The zero-order chi connectivity index (χ0) is 17.9. The van der Waals surface area contributed by atoms with Crippen LogP contribution in [0.3, 0.4) is 0 Å². The van der Waals surface area contributed by atoms with Crippen molar-refractivity contribution < 1.29 is 9.66 Å². The number of nitrogens with zero attached hydrogens (tertiary/aromatic N) is 5. The van der Waals surface area contributed by atoms with E-state index in [1.807, 2.05) is 0 Å². The SMILES string of the molecule is O=[N+]([O-])c1ccc2nc(-n3ccnc3)nc(NCC3CCOCC3)c2c1. The van der Waals surface area contributed by atoms with Crippen molar-refractivity contribution in [3.63, 3.8) is 0 Å². The number of fused-ring (bicyclic) bond motifs is 1. The van der Waals surface area contributed by atoms with Crippen molar-refractivity contribution >= 4 is 22.4 Å². The Labute approximate surface area is 149 Å². The van der Waals surface area contributed by atoms with Gasteiger partial charge >= 0.3 is 0 Å². The molecule has 1 N–H and O–H groups in total. The molecule has 26 heavy (non-hydrogen) atoms. The highest BCUT2D eigenvalue weighted by molar-refractivity contribution is 5.91. The highest BCUT2D eigenvalue weighted by atomic mass is 16.6. The van der Waals surface area contributed by atoms with Crippen LogP contribution in [0.1, 0.15) is 12.8 Å². The fourth-order valence-corrected chi connectivity index (χ4v) is 3.04.